The van der Waals surface area contributed by atoms with Gasteiger partial charge in [0.2, 0.25) is 5.91 Å². The summed E-state index contributed by atoms with van der Waals surface area (Å²) in [7, 11) is 0. The lowest BCUT2D eigenvalue weighted by Gasteiger charge is -2.42. The summed E-state index contributed by atoms with van der Waals surface area (Å²) in [5.74, 6) is -0.179. The molecular weight excluding hydrogens is 173 g/mol. The summed E-state index contributed by atoms with van der Waals surface area (Å²) in [6, 6.07) is 0. The third-order valence-electron chi connectivity index (χ3n) is 1.96. The molecule has 0 aromatic carbocycles. The second kappa shape index (κ2) is 3.46. The molecule has 1 rings (SSSR count). The standard InChI is InChI=1S/C9H14FNO2/c1-7(2)3-8(13)11-4-9(10,5-11)6-12/h3,12H,4-6H2,1-2H3. The highest BCUT2D eigenvalue weighted by Gasteiger charge is 2.44. The molecule has 0 aromatic heterocycles. The molecule has 0 aromatic rings. The minimum absolute atomic E-state index is 0.00606. The SMILES string of the molecule is CC(C)=CC(=O)N1CC(F)(CO)C1. The number of carbonyl (C=O) groups excluding carboxylic acids is 1. The van der Waals surface area contributed by atoms with E-state index in [-0.39, 0.29) is 19.0 Å². The van der Waals surface area contributed by atoms with Crippen molar-refractivity contribution in [2.75, 3.05) is 19.7 Å². The van der Waals surface area contributed by atoms with Crippen molar-refractivity contribution in [2.24, 2.45) is 0 Å². The predicted molar refractivity (Wildman–Crippen MR) is 46.9 cm³/mol. The summed E-state index contributed by atoms with van der Waals surface area (Å²) in [4.78, 5) is 12.6. The number of hydrogen-bond donors (Lipinski definition) is 1. The average Bonchev–Trinajstić information content (AvgIpc) is 1.97. The van der Waals surface area contributed by atoms with Crippen LogP contribution in [0.5, 0.6) is 0 Å². The molecule has 1 saturated heterocycles. The molecule has 1 fully saturated rings. The Morgan fingerprint density at radius 1 is 1.62 bits per heavy atom. The molecule has 1 heterocycles. The number of nitrogens with zero attached hydrogens (tertiary/aromatic N) is 1. The second-order valence-electron chi connectivity index (χ2n) is 3.72. The Morgan fingerprint density at radius 2 is 2.15 bits per heavy atom. The van der Waals surface area contributed by atoms with Crippen LogP contribution in [0.15, 0.2) is 11.6 Å². The van der Waals surface area contributed by atoms with Gasteiger partial charge in [0.15, 0.2) is 5.67 Å². The molecule has 4 heteroatoms. The van der Waals surface area contributed by atoms with Gasteiger partial charge in [-0.3, -0.25) is 4.79 Å². The smallest absolute Gasteiger partial charge is 0.246 e. The fourth-order valence-electron chi connectivity index (χ4n) is 1.23. The summed E-state index contributed by atoms with van der Waals surface area (Å²) in [6.45, 7) is 3.13. The zero-order valence-electron chi connectivity index (χ0n) is 7.88. The summed E-state index contributed by atoms with van der Waals surface area (Å²) in [5.41, 5.74) is -0.670. The van der Waals surface area contributed by atoms with Crippen LogP contribution in [0.3, 0.4) is 0 Å². The Morgan fingerprint density at radius 3 is 2.54 bits per heavy atom. The van der Waals surface area contributed by atoms with Gasteiger partial charge in [0, 0.05) is 6.08 Å². The lowest BCUT2D eigenvalue weighted by Crippen LogP contribution is -2.62. The van der Waals surface area contributed by atoms with E-state index in [1.807, 2.05) is 13.8 Å². The van der Waals surface area contributed by atoms with Crippen LogP contribution in [0.1, 0.15) is 13.8 Å². The summed E-state index contributed by atoms with van der Waals surface area (Å²) in [5, 5.41) is 8.60. The van der Waals surface area contributed by atoms with Crippen molar-refractivity contribution >= 4 is 5.91 Å². The third-order valence-corrected chi connectivity index (χ3v) is 1.96. The van der Waals surface area contributed by atoms with Gasteiger partial charge >= 0.3 is 0 Å². The van der Waals surface area contributed by atoms with Crippen LogP contribution in [-0.2, 0) is 4.79 Å². The molecule has 0 atom stereocenters. The number of allylic oxidation sites excluding steroid dienone is 1. The molecule has 1 N–H and O–H groups in total. The quantitative estimate of drug-likeness (QED) is 0.639. The van der Waals surface area contributed by atoms with Crippen molar-refractivity contribution in [1.82, 2.24) is 4.90 Å². The van der Waals surface area contributed by atoms with Crippen LogP contribution in [0, 0.1) is 0 Å². The fraction of sp³-hybridized carbons (Fsp3) is 0.667. The highest BCUT2D eigenvalue weighted by molar-refractivity contribution is 5.89. The molecule has 0 unspecified atom stereocenters. The van der Waals surface area contributed by atoms with Crippen LogP contribution in [0.4, 0.5) is 4.39 Å². The molecule has 1 aliphatic heterocycles. The summed E-state index contributed by atoms with van der Waals surface area (Å²) < 4.78 is 13.1. The van der Waals surface area contributed by atoms with Crippen molar-refractivity contribution < 1.29 is 14.3 Å². The lowest BCUT2D eigenvalue weighted by molar-refractivity contribution is -0.143. The van der Waals surface area contributed by atoms with Gasteiger partial charge in [-0.2, -0.15) is 0 Å². The van der Waals surface area contributed by atoms with Gasteiger partial charge < -0.3 is 10.0 Å². The second-order valence-corrected chi connectivity index (χ2v) is 3.72. The first-order valence-electron chi connectivity index (χ1n) is 4.20. The molecule has 74 valence electrons. The Balaban J connectivity index is 2.44. The van der Waals surface area contributed by atoms with E-state index in [9.17, 15) is 9.18 Å². The molecule has 0 aliphatic carbocycles. The summed E-state index contributed by atoms with van der Waals surface area (Å²) >= 11 is 0. The normalized spacial score (nSPS) is 19.2. The first-order valence-corrected chi connectivity index (χ1v) is 4.20. The number of hydrogen-bond acceptors (Lipinski definition) is 2. The fourth-order valence-corrected chi connectivity index (χ4v) is 1.23. The number of amides is 1. The van der Waals surface area contributed by atoms with Gasteiger partial charge in [-0.25, -0.2) is 4.39 Å². The van der Waals surface area contributed by atoms with E-state index in [0.717, 1.165) is 5.57 Å². The van der Waals surface area contributed by atoms with Crippen LogP contribution < -0.4 is 0 Å². The predicted octanol–water partition coefficient (Wildman–Crippen LogP) is 0.495. The first-order chi connectivity index (χ1) is 5.97. The minimum atomic E-state index is -1.56. The number of aliphatic hydroxyl groups is 1. The van der Waals surface area contributed by atoms with Crippen molar-refractivity contribution in [3.63, 3.8) is 0 Å². The average molecular weight is 187 g/mol. The van der Waals surface area contributed by atoms with Crippen LogP contribution in [0.2, 0.25) is 0 Å². The molecule has 0 saturated carbocycles. The van der Waals surface area contributed by atoms with Gasteiger partial charge in [-0.15, -0.1) is 0 Å². The number of rotatable bonds is 2. The largest absolute Gasteiger partial charge is 0.393 e. The van der Waals surface area contributed by atoms with Gasteiger partial charge in [-0.1, -0.05) is 5.57 Å². The maximum Gasteiger partial charge on any atom is 0.246 e. The molecule has 1 amide bonds. The summed E-state index contributed by atoms with van der Waals surface area (Å²) in [6.07, 6.45) is 1.47. The van der Waals surface area contributed by atoms with E-state index in [0.29, 0.717) is 0 Å². The van der Waals surface area contributed by atoms with Crippen molar-refractivity contribution in [1.29, 1.82) is 0 Å². The Labute approximate surface area is 76.8 Å². The number of halogens is 1. The monoisotopic (exact) mass is 187 g/mol. The van der Waals surface area contributed by atoms with Gasteiger partial charge in [0.1, 0.15) is 0 Å². The molecule has 1 aliphatic rings. The van der Waals surface area contributed by atoms with Gasteiger partial charge in [-0.05, 0) is 13.8 Å². The van der Waals surface area contributed by atoms with Crippen molar-refractivity contribution in [2.45, 2.75) is 19.5 Å². The van der Waals surface area contributed by atoms with E-state index in [1.165, 1.54) is 11.0 Å². The number of carbonyl (C=O) groups is 1. The number of likely N-dealkylation sites (tertiary alicyclic amines) is 1. The molecular formula is C9H14FNO2. The topological polar surface area (TPSA) is 40.5 Å². The molecule has 13 heavy (non-hydrogen) atoms. The first kappa shape index (κ1) is 10.2. The highest BCUT2D eigenvalue weighted by Crippen LogP contribution is 2.24. The van der Waals surface area contributed by atoms with E-state index in [2.05, 4.69) is 0 Å². The molecule has 0 bridgehead atoms. The maximum atomic E-state index is 13.1. The Hall–Kier alpha value is -0.900. The van der Waals surface area contributed by atoms with E-state index in [4.69, 9.17) is 5.11 Å². The maximum absolute atomic E-state index is 13.1. The Bertz CT molecular complexity index is 240. The van der Waals surface area contributed by atoms with E-state index >= 15 is 0 Å². The van der Waals surface area contributed by atoms with E-state index in [1.54, 1.807) is 0 Å². The van der Waals surface area contributed by atoms with Crippen LogP contribution in [-0.4, -0.2) is 41.3 Å². The van der Waals surface area contributed by atoms with Crippen LogP contribution >= 0.6 is 0 Å². The van der Waals surface area contributed by atoms with E-state index < -0.39 is 12.3 Å². The van der Waals surface area contributed by atoms with Crippen molar-refractivity contribution in [3.8, 4) is 0 Å². The van der Waals surface area contributed by atoms with Gasteiger partial charge in [0.25, 0.3) is 0 Å². The minimum Gasteiger partial charge on any atom is -0.393 e. The lowest BCUT2D eigenvalue weighted by atomic mass is 9.97. The number of alkyl halides is 1. The molecule has 0 spiro atoms. The third kappa shape index (κ3) is 2.28. The van der Waals surface area contributed by atoms with Gasteiger partial charge in [0.05, 0.1) is 19.7 Å². The number of aliphatic hydroxyl groups excluding tert-OH is 1. The highest BCUT2D eigenvalue weighted by atomic mass is 19.1. The molecule has 3 nitrogen and oxygen atoms in total. The molecule has 0 radical (unpaired) electrons. The zero-order chi connectivity index (χ0) is 10.1. The van der Waals surface area contributed by atoms with Crippen LogP contribution in [0.25, 0.3) is 0 Å². The Kier molecular flexibility index (Phi) is 2.71. The van der Waals surface area contributed by atoms with Crippen molar-refractivity contribution in [3.05, 3.63) is 11.6 Å². The zero-order valence-corrected chi connectivity index (χ0v) is 7.88.